The van der Waals surface area contributed by atoms with E-state index in [2.05, 4.69) is 0 Å². The number of hydrogen-bond acceptors (Lipinski definition) is 2. The molecule has 1 rings (SSSR count). The highest BCUT2D eigenvalue weighted by Gasteiger charge is 2.04. The molecule has 0 radical (unpaired) electrons. The summed E-state index contributed by atoms with van der Waals surface area (Å²) in [5.41, 5.74) is 5.57. The molecule has 0 bridgehead atoms. The fourth-order valence-corrected chi connectivity index (χ4v) is 0.929. The summed E-state index contributed by atoms with van der Waals surface area (Å²) in [6.07, 6.45) is 0. The lowest BCUT2D eigenvalue weighted by Crippen LogP contribution is -1.86. The largest absolute Gasteiger partial charge is 0.506 e. The van der Waals surface area contributed by atoms with E-state index in [1.54, 1.807) is 0 Å². The smallest absolute Gasteiger partial charge is 0.136 e. The molecule has 1 aromatic rings. The number of halogens is 3. The number of rotatable bonds is 0. The van der Waals surface area contributed by atoms with Crippen molar-refractivity contribution in [3.63, 3.8) is 0 Å². The lowest BCUT2D eigenvalue weighted by molar-refractivity contribution is 0.476. The maximum absolute atomic E-state index is 8.95. The van der Waals surface area contributed by atoms with Crippen molar-refractivity contribution < 1.29 is 5.11 Å². The lowest BCUT2D eigenvalue weighted by atomic mass is 10.3. The van der Waals surface area contributed by atoms with E-state index >= 15 is 0 Å². The summed E-state index contributed by atoms with van der Waals surface area (Å²) >= 11 is 11.1. The van der Waals surface area contributed by atoms with Crippen molar-refractivity contribution in [1.29, 1.82) is 0 Å². The van der Waals surface area contributed by atoms with Gasteiger partial charge in [-0.15, -0.1) is 12.4 Å². The van der Waals surface area contributed by atoms with Crippen molar-refractivity contribution >= 4 is 41.3 Å². The molecule has 0 saturated heterocycles. The average Bonchev–Trinajstić information content (AvgIpc) is 1.93. The van der Waals surface area contributed by atoms with E-state index < -0.39 is 0 Å². The fourth-order valence-electron chi connectivity index (χ4n) is 0.558. The maximum Gasteiger partial charge on any atom is 0.136 e. The molecule has 0 unspecified atom stereocenters. The molecular formula is C6H6Cl3NO. The van der Waals surface area contributed by atoms with Crippen LogP contribution in [0.1, 0.15) is 0 Å². The predicted octanol–water partition coefficient (Wildman–Crippen LogP) is 2.70. The number of anilines is 1. The maximum atomic E-state index is 8.95. The molecule has 0 heterocycles. The quantitative estimate of drug-likeness (QED) is 0.652. The Morgan fingerprint density at radius 2 is 1.82 bits per heavy atom. The van der Waals surface area contributed by atoms with Crippen LogP contribution >= 0.6 is 35.6 Å². The minimum absolute atomic E-state index is 0. The van der Waals surface area contributed by atoms with Gasteiger partial charge in [0.2, 0.25) is 0 Å². The highest BCUT2D eigenvalue weighted by molar-refractivity contribution is 6.39. The van der Waals surface area contributed by atoms with Gasteiger partial charge in [0.05, 0.1) is 10.7 Å². The number of phenolic OH excluding ortho intramolecular Hbond substituents is 1. The van der Waals surface area contributed by atoms with E-state index in [1.165, 1.54) is 12.1 Å². The minimum atomic E-state index is -0.0523. The molecule has 62 valence electrons. The van der Waals surface area contributed by atoms with Gasteiger partial charge in [-0.25, -0.2) is 0 Å². The normalized spacial score (nSPS) is 8.91. The Kier molecular flexibility index (Phi) is 3.79. The van der Waals surface area contributed by atoms with Gasteiger partial charge in [0.15, 0.2) is 0 Å². The summed E-state index contributed by atoms with van der Waals surface area (Å²) in [6.45, 7) is 0. The topological polar surface area (TPSA) is 46.2 Å². The van der Waals surface area contributed by atoms with Gasteiger partial charge in [-0.2, -0.15) is 0 Å². The Labute approximate surface area is 80.3 Å². The minimum Gasteiger partial charge on any atom is -0.506 e. The van der Waals surface area contributed by atoms with Crippen molar-refractivity contribution in [2.24, 2.45) is 0 Å². The second-order valence-electron chi connectivity index (χ2n) is 1.79. The summed E-state index contributed by atoms with van der Waals surface area (Å²) in [4.78, 5) is 0. The zero-order chi connectivity index (χ0) is 7.72. The molecule has 0 aromatic heterocycles. The van der Waals surface area contributed by atoms with Crippen molar-refractivity contribution in [1.82, 2.24) is 0 Å². The van der Waals surface area contributed by atoms with Crippen LogP contribution in [0.25, 0.3) is 0 Å². The van der Waals surface area contributed by atoms with Crippen LogP contribution in [0.4, 0.5) is 5.69 Å². The van der Waals surface area contributed by atoms with Crippen molar-refractivity contribution in [2.75, 3.05) is 5.73 Å². The van der Waals surface area contributed by atoms with Crippen LogP contribution in [0.3, 0.4) is 0 Å². The summed E-state index contributed by atoms with van der Waals surface area (Å²) < 4.78 is 0. The average molecular weight is 214 g/mol. The molecule has 0 saturated carbocycles. The number of phenols is 1. The number of benzene rings is 1. The van der Waals surface area contributed by atoms with Crippen LogP contribution in [-0.4, -0.2) is 5.11 Å². The number of hydrogen-bond donors (Lipinski definition) is 2. The van der Waals surface area contributed by atoms with Crippen molar-refractivity contribution in [2.45, 2.75) is 0 Å². The standard InChI is InChI=1S/C6H5Cl2NO.ClH/c7-3-1-2-4(10)5(8)6(3)9;/h1-2,10H,9H2;1H. The van der Waals surface area contributed by atoms with Gasteiger partial charge in [0.1, 0.15) is 10.8 Å². The monoisotopic (exact) mass is 213 g/mol. The summed E-state index contributed by atoms with van der Waals surface area (Å²) in [7, 11) is 0. The van der Waals surface area contributed by atoms with E-state index in [0.29, 0.717) is 5.02 Å². The number of nitrogens with two attached hydrogens (primary N) is 1. The highest BCUT2D eigenvalue weighted by Crippen LogP contribution is 2.34. The Morgan fingerprint density at radius 3 is 2.27 bits per heavy atom. The van der Waals surface area contributed by atoms with E-state index in [1.807, 2.05) is 0 Å². The molecule has 0 aliphatic rings. The lowest BCUT2D eigenvalue weighted by Gasteiger charge is -2.01. The zero-order valence-corrected chi connectivity index (χ0v) is 7.67. The predicted molar refractivity (Wildman–Crippen MR) is 49.8 cm³/mol. The molecule has 0 aliphatic heterocycles. The van der Waals surface area contributed by atoms with Gasteiger partial charge >= 0.3 is 0 Å². The third-order valence-electron chi connectivity index (χ3n) is 1.11. The first-order valence-corrected chi connectivity index (χ1v) is 3.31. The Bertz CT molecular complexity index is 237. The molecule has 3 N–H and O–H groups in total. The van der Waals surface area contributed by atoms with Crippen molar-refractivity contribution in [3.05, 3.63) is 22.2 Å². The molecule has 0 spiro atoms. The highest BCUT2D eigenvalue weighted by atomic mass is 35.5. The van der Waals surface area contributed by atoms with E-state index in [0.717, 1.165) is 0 Å². The van der Waals surface area contributed by atoms with E-state index in [-0.39, 0.29) is 28.9 Å². The Morgan fingerprint density at radius 1 is 1.27 bits per heavy atom. The van der Waals surface area contributed by atoms with Crippen LogP contribution in [0.5, 0.6) is 5.75 Å². The molecule has 11 heavy (non-hydrogen) atoms. The molecule has 1 aromatic carbocycles. The summed E-state index contributed by atoms with van der Waals surface area (Å²) in [5.74, 6) is -0.0523. The van der Waals surface area contributed by atoms with Crippen LogP contribution < -0.4 is 5.73 Å². The first-order valence-electron chi connectivity index (χ1n) is 2.55. The third kappa shape index (κ3) is 2.06. The fraction of sp³-hybridized carbons (Fsp3) is 0. The van der Waals surface area contributed by atoms with E-state index in [4.69, 9.17) is 34.0 Å². The van der Waals surface area contributed by atoms with E-state index in [9.17, 15) is 0 Å². The number of aromatic hydroxyl groups is 1. The molecular weight excluding hydrogens is 208 g/mol. The van der Waals surface area contributed by atoms with Gasteiger partial charge in [-0.3, -0.25) is 0 Å². The summed E-state index contributed by atoms with van der Waals surface area (Å²) in [6, 6.07) is 2.87. The third-order valence-corrected chi connectivity index (χ3v) is 1.83. The molecule has 0 atom stereocenters. The molecule has 0 fully saturated rings. The molecule has 2 nitrogen and oxygen atoms in total. The van der Waals surface area contributed by atoms with Crippen LogP contribution in [0, 0.1) is 0 Å². The van der Waals surface area contributed by atoms with Crippen LogP contribution in [0.15, 0.2) is 12.1 Å². The van der Waals surface area contributed by atoms with Crippen molar-refractivity contribution in [3.8, 4) is 5.75 Å². The Hall–Kier alpha value is -0.310. The van der Waals surface area contributed by atoms with Crippen LogP contribution in [-0.2, 0) is 0 Å². The first-order chi connectivity index (χ1) is 4.63. The van der Waals surface area contributed by atoms with Gasteiger partial charge < -0.3 is 10.8 Å². The molecule has 0 amide bonds. The van der Waals surface area contributed by atoms with Gasteiger partial charge in [0, 0.05) is 0 Å². The van der Waals surface area contributed by atoms with Gasteiger partial charge in [-0.05, 0) is 12.1 Å². The summed E-state index contributed by atoms with van der Waals surface area (Å²) in [5, 5.41) is 9.41. The Balaban J connectivity index is 0.000001000. The van der Waals surface area contributed by atoms with Gasteiger partial charge in [-0.1, -0.05) is 23.2 Å². The second-order valence-corrected chi connectivity index (χ2v) is 2.58. The second kappa shape index (κ2) is 3.90. The zero-order valence-electron chi connectivity index (χ0n) is 5.34. The van der Waals surface area contributed by atoms with Crippen LogP contribution in [0.2, 0.25) is 10.0 Å². The molecule has 5 heteroatoms. The number of nitrogen functional groups attached to an aromatic ring is 1. The van der Waals surface area contributed by atoms with Gasteiger partial charge in [0.25, 0.3) is 0 Å². The SMILES string of the molecule is Cl.Nc1c(Cl)ccc(O)c1Cl. The molecule has 0 aliphatic carbocycles. The first kappa shape index (κ1) is 10.7.